The first-order valence-corrected chi connectivity index (χ1v) is 31.3. The van der Waals surface area contributed by atoms with E-state index in [0.29, 0.717) is 24.0 Å². The van der Waals surface area contributed by atoms with Crippen molar-refractivity contribution in [2.75, 3.05) is 32.9 Å². The second-order valence-corrected chi connectivity index (χ2v) is 23.9. The largest absolute Gasteiger partial charge is 0.508 e. The Balaban J connectivity index is 2.35. The van der Waals surface area contributed by atoms with Gasteiger partial charge in [0, 0.05) is 12.8 Å². The normalized spacial score (nSPS) is 15.5. The van der Waals surface area contributed by atoms with Crippen LogP contribution < -0.4 is 81.0 Å². The lowest BCUT2D eigenvalue weighted by atomic mass is 10.00. The summed E-state index contributed by atoms with van der Waals surface area (Å²) in [5.74, 6) is -17.1. The summed E-state index contributed by atoms with van der Waals surface area (Å²) in [6.45, 7) is 5.90. The quantitative estimate of drug-likeness (QED) is 0.0274. The first kappa shape index (κ1) is 84.4. The number of carbonyl (C=O) groups is 14. The van der Waals surface area contributed by atoms with Crippen LogP contribution in [0.15, 0.2) is 48.5 Å². The number of phenols is 2. The number of hydrogen-bond acceptors (Lipinski definition) is 23. The average molecular weight is 1390 g/mol. The van der Waals surface area contributed by atoms with Crippen LogP contribution in [0.4, 0.5) is 0 Å². The predicted molar refractivity (Wildman–Crippen MR) is 345 cm³/mol. The second kappa shape index (κ2) is 42.1. The highest BCUT2D eigenvalue weighted by Gasteiger charge is 2.38. The highest BCUT2D eigenvalue weighted by atomic mass is 16.4. The van der Waals surface area contributed by atoms with Crippen molar-refractivity contribution >= 4 is 82.8 Å². The van der Waals surface area contributed by atoms with Crippen LogP contribution in [-0.2, 0) is 80.0 Å². The molecule has 0 radical (unpaired) electrons. The van der Waals surface area contributed by atoms with Gasteiger partial charge in [-0.2, -0.15) is 0 Å². The molecular formula is C61H95N15O22. The number of rotatable bonds is 43. The Morgan fingerprint density at radius 3 is 1.22 bits per heavy atom. The molecule has 0 spiro atoms. The average Bonchev–Trinajstić information content (AvgIpc) is 0.875. The summed E-state index contributed by atoms with van der Waals surface area (Å²) in [6.07, 6.45) is -4.32. The fraction of sp³-hybridized carbons (Fsp3) is 0.574. The first-order valence-electron chi connectivity index (χ1n) is 31.3. The van der Waals surface area contributed by atoms with Crippen molar-refractivity contribution in [3.8, 4) is 11.5 Å². The van der Waals surface area contributed by atoms with E-state index in [4.69, 9.17) is 17.2 Å². The zero-order valence-electron chi connectivity index (χ0n) is 55.4. The summed E-state index contributed by atoms with van der Waals surface area (Å²) in [5.41, 5.74) is 17.5. The zero-order valence-corrected chi connectivity index (χ0v) is 55.4. The summed E-state index contributed by atoms with van der Waals surface area (Å²) in [6, 6.07) is -9.22. The van der Waals surface area contributed by atoms with Crippen LogP contribution >= 0.6 is 0 Å². The number of aliphatic carboxylic acids is 1. The Morgan fingerprint density at radius 2 is 0.816 bits per heavy atom. The van der Waals surface area contributed by atoms with E-state index >= 15 is 0 Å². The van der Waals surface area contributed by atoms with E-state index in [2.05, 4.69) is 58.5 Å². The number of amides is 13. The number of primary amides is 1. The van der Waals surface area contributed by atoms with Gasteiger partial charge in [-0.05, 0) is 100 Å². The maximum absolute atomic E-state index is 14.3. The van der Waals surface area contributed by atoms with Crippen molar-refractivity contribution in [2.45, 2.75) is 178 Å². The third kappa shape index (κ3) is 29.4. The SMILES string of the molecule is CC(C)C[C@H](NC(=O)[C@H](Cc1ccc(O)cc1)NC(=O)CNC(=O)[C@H](CC(N)=O)NC(=O)[C@H](Cc1ccc(O)cc1)NC(=O)[C@H](C)NC(=O)[C@@H](NC(=O)[C@@H](N)C(C)C)[C@@H](C)O)C(=O)N[C@H](C(=O)N[C@@H](CO)C(=O)N[C@@H](CO)C(=O)N[C@@H](CO)C(=O)N[C@@H](CCCCN)C(=O)O)[C@@H](C)O. The molecule has 2 aromatic carbocycles. The van der Waals surface area contributed by atoms with Crippen molar-refractivity contribution in [2.24, 2.45) is 29.0 Å². The summed E-state index contributed by atoms with van der Waals surface area (Å²) in [4.78, 5) is 187. The van der Waals surface area contributed by atoms with Gasteiger partial charge in [0.15, 0.2) is 0 Å². The number of carbonyl (C=O) groups excluding carboxylic acids is 13. The molecule has 14 atom stereocenters. The minimum Gasteiger partial charge on any atom is -0.508 e. The molecule has 0 heterocycles. The molecule has 37 nitrogen and oxygen atoms in total. The predicted octanol–water partition coefficient (Wildman–Crippen LogP) is -8.79. The van der Waals surface area contributed by atoms with E-state index in [1.54, 1.807) is 27.7 Å². The molecule has 98 heavy (non-hydrogen) atoms. The van der Waals surface area contributed by atoms with Gasteiger partial charge in [0.1, 0.15) is 78.0 Å². The fourth-order valence-electron chi connectivity index (χ4n) is 9.04. The molecule has 0 aliphatic rings. The highest BCUT2D eigenvalue weighted by molar-refractivity contribution is 6.00. The van der Waals surface area contributed by atoms with Crippen LogP contribution in [0, 0.1) is 11.8 Å². The molecule has 0 bridgehead atoms. The smallest absolute Gasteiger partial charge is 0.326 e. The first-order chi connectivity index (χ1) is 46.0. The van der Waals surface area contributed by atoms with Crippen LogP contribution in [0.1, 0.15) is 91.7 Å². The number of carboxylic acid groups (broad SMARTS) is 1. The Morgan fingerprint density at radius 1 is 0.439 bits per heavy atom. The molecule has 37 heteroatoms. The highest BCUT2D eigenvalue weighted by Crippen LogP contribution is 2.15. The maximum Gasteiger partial charge on any atom is 0.326 e. The number of unbranched alkanes of at least 4 members (excludes halogenated alkanes) is 1. The van der Waals surface area contributed by atoms with E-state index in [-0.39, 0.29) is 49.6 Å². The van der Waals surface area contributed by atoms with Gasteiger partial charge in [-0.25, -0.2) is 4.79 Å². The molecule has 0 aliphatic heterocycles. The molecule has 0 saturated carbocycles. The van der Waals surface area contributed by atoms with Crippen LogP contribution in [0.2, 0.25) is 0 Å². The van der Waals surface area contributed by atoms with E-state index in [1.807, 2.05) is 5.32 Å². The maximum atomic E-state index is 14.3. The molecule has 0 aliphatic carbocycles. The number of carboxylic acids is 1. The van der Waals surface area contributed by atoms with Crippen molar-refractivity contribution in [3.05, 3.63) is 59.7 Å². The summed E-state index contributed by atoms with van der Waals surface area (Å²) in [7, 11) is 0. The number of aliphatic hydroxyl groups is 5. The number of nitrogens with two attached hydrogens (primary N) is 3. The number of benzene rings is 2. The minimum atomic E-state index is -1.97. The van der Waals surface area contributed by atoms with Gasteiger partial charge in [-0.1, -0.05) is 52.0 Å². The summed E-state index contributed by atoms with van der Waals surface area (Å²) < 4.78 is 0. The number of phenolic OH excluding ortho intramolecular Hbond substituents is 2. The van der Waals surface area contributed by atoms with Crippen molar-refractivity contribution in [3.63, 3.8) is 0 Å². The van der Waals surface area contributed by atoms with Crippen LogP contribution in [0.3, 0.4) is 0 Å². The molecule has 2 aromatic rings. The van der Waals surface area contributed by atoms with E-state index in [1.165, 1.54) is 62.4 Å². The second-order valence-electron chi connectivity index (χ2n) is 23.9. The lowest BCUT2D eigenvalue weighted by Crippen LogP contribution is -2.63. The van der Waals surface area contributed by atoms with Crippen LogP contribution in [-0.4, -0.2) is 241 Å². The third-order valence-corrected chi connectivity index (χ3v) is 14.7. The van der Waals surface area contributed by atoms with Gasteiger partial charge in [0.05, 0.1) is 51.0 Å². The summed E-state index contributed by atoms with van der Waals surface area (Å²) in [5, 5.41) is 108. The van der Waals surface area contributed by atoms with Crippen LogP contribution in [0.5, 0.6) is 11.5 Å². The number of aliphatic hydroxyl groups excluding tert-OH is 5. The van der Waals surface area contributed by atoms with Gasteiger partial charge in [-0.3, -0.25) is 62.3 Å². The lowest BCUT2D eigenvalue weighted by Gasteiger charge is -2.28. The van der Waals surface area contributed by atoms with Gasteiger partial charge in [0.2, 0.25) is 76.8 Å². The summed E-state index contributed by atoms with van der Waals surface area (Å²) >= 11 is 0. The third-order valence-electron chi connectivity index (χ3n) is 14.7. The fourth-order valence-corrected chi connectivity index (χ4v) is 9.04. The Hall–Kier alpha value is -9.66. The zero-order chi connectivity index (χ0) is 74.3. The van der Waals surface area contributed by atoms with Gasteiger partial charge in [0.25, 0.3) is 0 Å². The molecule has 2 rings (SSSR count). The number of hydrogen-bond donors (Lipinski definition) is 23. The van der Waals surface area contributed by atoms with Gasteiger partial charge in [-0.15, -0.1) is 0 Å². The monoisotopic (exact) mass is 1390 g/mol. The number of nitrogens with one attached hydrogen (secondary N) is 12. The van der Waals surface area contributed by atoms with E-state index in [9.17, 15) is 108 Å². The lowest BCUT2D eigenvalue weighted by molar-refractivity contribution is -0.143. The van der Waals surface area contributed by atoms with Crippen molar-refractivity contribution in [1.29, 1.82) is 0 Å². The Bertz CT molecular complexity index is 3050. The van der Waals surface area contributed by atoms with Gasteiger partial charge >= 0.3 is 5.97 Å². The molecule has 546 valence electrons. The molecule has 13 amide bonds. The minimum absolute atomic E-state index is 0.0492. The molecule has 0 saturated heterocycles. The van der Waals surface area contributed by atoms with E-state index in [0.717, 1.165) is 6.92 Å². The molecule has 0 fully saturated rings. The van der Waals surface area contributed by atoms with Gasteiger partial charge < -0.3 is 122 Å². The molecule has 26 N–H and O–H groups in total. The molecule has 0 aromatic heterocycles. The van der Waals surface area contributed by atoms with Crippen molar-refractivity contribution < 1.29 is 108 Å². The van der Waals surface area contributed by atoms with Crippen LogP contribution in [0.25, 0.3) is 0 Å². The molecule has 0 unspecified atom stereocenters. The Labute approximate surface area is 564 Å². The number of aromatic hydroxyl groups is 2. The molecular weight excluding hydrogens is 1290 g/mol. The topological polar surface area (TPSA) is 623 Å². The van der Waals surface area contributed by atoms with Crippen molar-refractivity contribution in [1.82, 2.24) is 63.8 Å². The standard InChI is InChI=1S/C61H95N15O22/c1-28(2)20-38(54(90)75-49(32(7)81)60(96)74-44(27-79)57(93)73-43(26-78)56(92)72-42(25-77)55(91)68-37(61(97)98)10-8-9-19-62)70-52(88)39(21-33-11-15-35(82)16-12-33)67-46(85)24-65-51(87)41(23-45(63)84)71-53(89)40(22-34-13-17-36(83)18-14-34)69-50(86)30(5)66-59(95)48(31(6)80)76-58(94)47(64)29(3)4/h11-18,28-32,37-44,47-49,77-83H,8-10,19-27,62,64H2,1-7H3,(H2,63,84)(H,65,87)(H,66,95)(H,67,85)(H,68,91)(H,69,86)(H,70,88)(H,71,89)(H,72,92)(H,73,93)(H,74,96)(H,75,90)(H,76,94)(H,97,98)/t30-,31+,32+,37-,38-,39-,40-,41-,42-,43-,44-,47-,48-,49-/m0/s1. The van der Waals surface area contributed by atoms with E-state index < -0.39 is 206 Å². The Kier molecular flexibility index (Phi) is 36.3.